The molecule has 26 heavy (non-hydrogen) atoms. The van der Waals surface area contributed by atoms with Crippen molar-refractivity contribution in [2.24, 2.45) is 0 Å². The lowest BCUT2D eigenvalue weighted by atomic mass is 9.92. The molecule has 6 nitrogen and oxygen atoms in total. The van der Waals surface area contributed by atoms with Gasteiger partial charge in [0.1, 0.15) is 24.6 Å². The van der Waals surface area contributed by atoms with E-state index in [0.29, 0.717) is 19.6 Å². The van der Waals surface area contributed by atoms with Gasteiger partial charge < -0.3 is 28.4 Å². The Labute approximate surface area is 155 Å². The van der Waals surface area contributed by atoms with Gasteiger partial charge in [0.2, 0.25) is 0 Å². The van der Waals surface area contributed by atoms with Crippen molar-refractivity contribution in [3.05, 3.63) is 48.6 Å². The first kappa shape index (κ1) is 19.5. The first-order valence-corrected chi connectivity index (χ1v) is 8.86. The van der Waals surface area contributed by atoms with Crippen LogP contribution >= 0.6 is 0 Å². The molecule has 0 N–H and O–H groups in total. The van der Waals surface area contributed by atoms with E-state index < -0.39 is 17.7 Å². The number of benzene rings is 1. The first-order valence-electron chi connectivity index (χ1n) is 8.86. The van der Waals surface area contributed by atoms with Gasteiger partial charge in [0.05, 0.1) is 13.2 Å². The molecule has 0 radical (unpaired) electrons. The van der Waals surface area contributed by atoms with Crippen molar-refractivity contribution >= 4 is 0 Å². The van der Waals surface area contributed by atoms with Crippen molar-refractivity contribution in [2.45, 2.75) is 56.8 Å². The maximum absolute atomic E-state index is 6.29. The lowest BCUT2D eigenvalue weighted by molar-refractivity contribution is -0.268. The van der Waals surface area contributed by atoms with Gasteiger partial charge >= 0.3 is 0 Å². The summed E-state index contributed by atoms with van der Waals surface area (Å²) in [6.45, 7) is 8.57. The summed E-state index contributed by atoms with van der Waals surface area (Å²) in [4.78, 5) is 0. The molecule has 3 rings (SSSR count). The van der Waals surface area contributed by atoms with Crippen molar-refractivity contribution in [1.29, 1.82) is 0 Å². The Morgan fingerprint density at radius 3 is 2.62 bits per heavy atom. The Kier molecular flexibility index (Phi) is 6.12. The fourth-order valence-electron chi connectivity index (χ4n) is 3.52. The molecule has 0 spiro atoms. The number of methoxy groups -OCH3 is 1. The predicted octanol–water partition coefficient (Wildman–Crippen LogP) is 3.02. The summed E-state index contributed by atoms with van der Waals surface area (Å²) in [5.41, 5.74) is 0.350. The summed E-state index contributed by atoms with van der Waals surface area (Å²) in [5.74, 6) is -0.707. The third-order valence-corrected chi connectivity index (χ3v) is 4.56. The maximum atomic E-state index is 6.29. The van der Waals surface area contributed by atoms with Crippen LogP contribution in [0.25, 0.3) is 0 Å². The Bertz CT molecular complexity index is 589. The molecule has 0 saturated carbocycles. The molecule has 0 aliphatic carbocycles. The summed E-state index contributed by atoms with van der Waals surface area (Å²) in [5, 5.41) is 0. The van der Waals surface area contributed by atoms with Crippen LogP contribution in [0.1, 0.15) is 25.8 Å². The first-order chi connectivity index (χ1) is 12.5. The Balaban J connectivity index is 1.76. The zero-order valence-electron chi connectivity index (χ0n) is 15.7. The van der Waals surface area contributed by atoms with Crippen LogP contribution in [-0.2, 0) is 35.0 Å². The topological polar surface area (TPSA) is 55.4 Å². The highest BCUT2D eigenvalue weighted by atomic mass is 16.8. The van der Waals surface area contributed by atoms with E-state index in [2.05, 4.69) is 6.58 Å². The van der Waals surface area contributed by atoms with Crippen LogP contribution in [0.2, 0.25) is 0 Å². The van der Waals surface area contributed by atoms with Crippen molar-refractivity contribution in [3.63, 3.8) is 0 Å². The van der Waals surface area contributed by atoms with Gasteiger partial charge in [-0.25, -0.2) is 0 Å². The Morgan fingerprint density at radius 1 is 1.15 bits per heavy atom. The molecule has 4 atom stereocenters. The number of rotatable bonds is 9. The van der Waals surface area contributed by atoms with Gasteiger partial charge in [-0.15, -0.1) is 6.58 Å². The van der Waals surface area contributed by atoms with Gasteiger partial charge in [0, 0.05) is 7.11 Å². The fourth-order valence-corrected chi connectivity index (χ4v) is 3.52. The largest absolute Gasteiger partial charge is 0.359 e. The Morgan fingerprint density at radius 2 is 1.92 bits per heavy atom. The lowest BCUT2D eigenvalue weighted by Gasteiger charge is -2.33. The second-order valence-electron chi connectivity index (χ2n) is 7.12. The highest BCUT2D eigenvalue weighted by molar-refractivity contribution is 5.14. The van der Waals surface area contributed by atoms with E-state index in [-0.39, 0.29) is 19.0 Å². The smallest absolute Gasteiger partial charge is 0.187 e. The molecular weight excluding hydrogens is 336 g/mol. The molecule has 2 heterocycles. The van der Waals surface area contributed by atoms with Gasteiger partial charge in [0.15, 0.2) is 12.1 Å². The molecule has 0 aromatic heterocycles. The van der Waals surface area contributed by atoms with Crippen LogP contribution in [0.15, 0.2) is 43.0 Å². The summed E-state index contributed by atoms with van der Waals surface area (Å²) in [6.07, 6.45) is 1.17. The number of hydrogen-bond donors (Lipinski definition) is 0. The van der Waals surface area contributed by atoms with Crippen molar-refractivity contribution < 1.29 is 28.4 Å². The molecule has 144 valence electrons. The standard InChI is InChI=1S/C20H28O6/c1-5-11-20(13-22-14-21-4)17-16(24-19(2,3)25-17)18(26-20)23-12-15-9-7-6-8-10-15/h5-10,16-18H,1,11-14H2,2-4H3/t16-,17+,18-,20+/m0/s1. The minimum absolute atomic E-state index is 0.180. The van der Waals surface area contributed by atoms with Crippen LogP contribution in [0.3, 0.4) is 0 Å². The normalized spacial score (nSPS) is 32.5. The average Bonchev–Trinajstić information content (AvgIpc) is 3.07. The van der Waals surface area contributed by atoms with Crippen molar-refractivity contribution in [1.82, 2.24) is 0 Å². The molecule has 6 heteroatoms. The molecular formula is C20H28O6. The van der Waals surface area contributed by atoms with E-state index in [1.54, 1.807) is 7.11 Å². The number of hydrogen-bond acceptors (Lipinski definition) is 6. The zero-order chi connectivity index (χ0) is 18.6. The van der Waals surface area contributed by atoms with Crippen LogP contribution in [0.4, 0.5) is 0 Å². The third-order valence-electron chi connectivity index (χ3n) is 4.56. The lowest BCUT2D eigenvalue weighted by Crippen LogP contribution is -2.47. The van der Waals surface area contributed by atoms with Crippen LogP contribution < -0.4 is 0 Å². The van der Waals surface area contributed by atoms with Gasteiger partial charge in [-0.3, -0.25) is 0 Å². The molecule has 0 amide bonds. The molecule has 2 fully saturated rings. The Hall–Kier alpha value is -1.28. The van der Waals surface area contributed by atoms with E-state index >= 15 is 0 Å². The van der Waals surface area contributed by atoms with Gasteiger partial charge in [-0.05, 0) is 25.8 Å². The molecule has 1 aromatic rings. The van der Waals surface area contributed by atoms with E-state index in [4.69, 9.17) is 28.4 Å². The maximum Gasteiger partial charge on any atom is 0.187 e. The molecule has 0 bridgehead atoms. The van der Waals surface area contributed by atoms with Crippen LogP contribution in [-0.4, -0.2) is 50.4 Å². The molecule has 1 aromatic carbocycles. The summed E-state index contributed by atoms with van der Waals surface area (Å²) in [6, 6.07) is 9.97. The van der Waals surface area contributed by atoms with Crippen molar-refractivity contribution in [3.8, 4) is 0 Å². The zero-order valence-corrected chi connectivity index (χ0v) is 15.7. The van der Waals surface area contributed by atoms with E-state index in [1.165, 1.54) is 0 Å². The minimum Gasteiger partial charge on any atom is -0.359 e. The molecule has 2 aliphatic heterocycles. The SMILES string of the molecule is C=CC[C@]1(COCOC)O[C@H](OCc2ccccc2)[C@H]2OC(C)(C)O[C@H]21. The van der Waals surface area contributed by atoms with Gasteiger partial charge in [-0.2, -0.15) is 0 Å². The molecule has 0 unspecified atom stereocenters. The van der Waals surface area contributed by atoms with E-state index in [1.807, 2.05) is 50.3 Å². The van der Waals surface area contributed by atoms with Gasteiger partial charge in [-0.1, -0.05) is 36.4 Å². The highest BCUT2D eigenvalue weighted by Gasteiger charge is 2.63. The minimum atomic E-state index is -0.722. The molecule has 2 saturated heterocycles. The predicted molar refractivity (Wildman–Crippen MR) is 95.3 cm³/mol. The summed E-state index contributed by atoms with van der Waals surface area (Å²) >= 11 is 0. The second-order valence-corrected chi connectivity index (χ2v) is 7.12. The monoisotopic (exact) mass is 364 g/mol. The third kappa shape index (κ3) is 4.17. The van der Waals surface area contributed by atoms with Crippen LogP contribution in [0.5, 0.6) is 0 Å². The van der Waals surface area contributed by atoms with E-state index in [9.17, 15) is 0 Å². The average molecular weight is 364 g/mol. The summed E-state index contributed by atoms with van der Waals surface area (Å²) in [7, 11) is 1.59. The highest BCUT2D eigenvalue weighted by Crippen LogP contribution is 2.46. The fraction of sp³-hybridized carbons (Fsp3) is 0.600. The summed E-state index contributed by atoms with van der Waals surface area (Å²) < 4.78 is 35.2. The number of ether oxygens (including phenoxy) is 6. The number of fused-ring (bicyclic) bond motifs is 1. The van der Waals surface area contributed by atoms with Crippen molar-refractivity contribution in [2.75, 3.05) is 20.5 Å². The quantitative estimate of drug-likeness (QED) is 0.381. The molecule has 2 aliphatic rings. The van der Waals surface area contributed by atoms with Gasteiger partial charge in [0.25, 0.3) is 0 Å². The van der Waals surface area contributed by atoms with E-state index in [0.717, 1.165) is 5.56 Å². The second kappa shape index (κ2) is 8.17. The van der Waals surface area contributed by atoms with Crippen LogP contribution in [0, 0.1) is 0 Å².